The van der Waals surface area contributed by atoms with Gasteiger partial charge in [0.2, 0.25) is 0 Å². The highest BCUT2D eigenvalue weighted by atomic mass is 32.1. The summed E-state index contributed by atoms with van der Waals surface area (Å²) >= 11 is 1.59. The predicted octanol–water partition coefficient (Wildman–Crippen LogP) is 0.837. The molecule has 3 aromatic rings. The zero-order valence-corrected chi connectivity index (χ0v) is 15.2. The Morgan fingerprint density at radius 3 is 2.69 bits per heavy atom. The zero-order valence-electron chi connectivity index (χ0n) is 14.4. The summed E-state index contributed by atoms with van der Waals surface area (Å²) in [6.07, 6.45) is -0.692. The molecule has 0 bridgehead atoms. The first-order valence-corrected chi connectivity index (χ1v) is 9.10. The molecule has 8 nitrogen and oxygen atoms in total. The monoisotopic (exact) mass is 376 g/mol. The molecule has 9 heteroatoms. The molecular formula is C17H20N4O4S. The molecule has 1 aliphatic rings. The van der Waals surface area contributed by atoms with Crippen LogP contribution in [0.2, 0.25) is 0 Å². The van der Waals surface area contributed by atoms with Crippen LogP contribution in [0.1, 0.15) is 6.23 Å². The molecule has 4 rings (SSSR count). The number of rotatable bonds is 4. The van der Waals surface area contributed by atoms with Crippen molar-refractivity contribution in [1.82, 2.24) is 14.5 Å². The molecule has 3 aromatic heterocycles. The third-order valence-electron chi connectivity index (χ3n) is 4.59. The Balaban J connectivity index is 1.93. The van der Waals surface area contributed by atoms with Gasteiger partial charge in [0.05, 0.1) is 12.0 Å². The van der Waals surface area contributed by atoms with Gasteiger partial charge >= 0.3 is 0 Å². The smallest absolute Gasteiger partial charge is 0.164 e. The van der Waals surface area contributed by atoms with E-state index in [0.29, 0.717) is 5.65 Å². The summed E-state index contributed by atoms with van der Waals surface area (Å²) in [5.41, 5.74) is 1.53. The van der Waals surface area contributed by atoms with Gasteiger partial charge in [-0.3, -0.25) is 0 Å². The lowest BCUT2D eigenvalue weighted by atomic mass is 10.1. The van der Waals surface area contributed by atoms with Crippen LogP contribution in [0.3, 0.4) is 0 Å². The largest absolute Gasteiger partial charge is 0.394 e. The number of anilines is 1. The van der Waals surface area contributed by atoms with Crippen LogP contribution in [0.15, 0.2) is 30.0 Å². The van der Waals surface area contributed by atoms with Gasteiger partial charge in [-0.2, -0.15) is 0 Å². The molecule has 1 aliphatic heterocycles. The van der Waals surface area contributed by atoms with Crippen LogP contribution in [0, 0.1) is 0 Å². The number of nitrogens with zero attached hydrogens (tertiary/aromatic N) is 4. The van der Waals surface area contributed by atoms with Crippen molar-refractivity contribution >= 4 is 28.2 Å². The molecule has 0 aliphatic carbocycles. The second-order valence-electron chi connectivity index (χ2n) is 6.45. The van der Waals surface area contributed by atoms with Gasteiger partial charge in [0, 0.05) is 30.7 Å². The van der Waals surface area contributed by atoms with E-state index in [1.165, 1.54) is 6.33 Å². The lowest BCUT2D eigenvalue weighted by Crippen LogP contribution is -2.33. The number of hydrogen-bond acceptors (Lipinski definition) is 8. The van der Waals surface area contributed by atoms with Crippen molar-refractivity contribution in [2.75, 3.05) is 25.6 Å². The number of aromatic nitrogens is 3. The van der Waals surface area contributed by atoms with Gasteiger partial charge in [-0.25, -0.2) is 9.97 Å². The Bertz CT molecular complexity index is 911. The predicted molar refractivity (Wildman–Crippen MR) is 98.2 cm³/mol. The Kier molecular flexibility index (Phi) is 4.41. The molecule has 138 valence electrons. The van der Waals surface area contributed by atoms with E-state index < -0.39 is 24.5 Å². The van der Waals surface area contributed by atoms with E-state index in [9.17, 15) is 15.3 Å². The van der Waals surface area contributed by atoms with E-state index in [-0.39, 0.29) is 6.61 Å². The molecule has 4 atom stereocenters. The van der Waals surface area contributed by atoms with Crippen LogP contribution in [0.5, 0.6) is 0 Å². The van der Waals surface area contributed by atoms with Crippen LogP contribution in [-0.4, -0.2) is 68.9 Å². The third-order valence-corrected chi connectivity index (χ3v) is 5.49. The van der Waals surface area contributed by atoms with Crippen LogP contribution in [0.4, 0.5) is 5.82 Å². The summed E-state index contributed by atoms with van der Waals surface area (Å²) < 4.78 is 7.41. The molecule has 4 heterocycles. The average molecular weight is 376 g/mol. The minimum Gasteiger partial charge on any atom is -0.394 e. The number of ether oxygens (including phenoxy) is 1. The molecule has 0 spiro atoms. The van der Waals surface area contributed by atoms with Gasteiger partial charge in [-0.15, -0.1) is 11.3 Å². The van der Waals surface area contributed by atoms with Crippen molar-refractivity contribution in [2.45, 2.75) is 24.5 Å². The van der Waals surface area contributed by atoms with Gasteiger partial charge in [0.15, 0.2) is 6.23 Å². The van der Waals surface area contributed by atoms with Crippen molar-refractivity contribution < 1.29 is 20.1 Å². The lowest BCUT2D eigenvalue weighted by molar-refractivity contribution is -0.0508. The van der Waals surface area contributed by atoms with Gasteiger partial charge in [0.25, 0.3) is 0 Å². The average Bonchev–Trinajstić information content (AvgIpc) is 3.34. The van der Waals surface area contributed by atoms with E-state index in [0.717, 1.165) is 21.6 Å². The summed E-state index contributed by atoms with van der Waals surface area (Å²) in [5.74, 6) is 0.754. The Morgan fingerprint density at radius 1 is 1.27 bits per heavy atom. The topological polar surface area (TPSA) is 104 Å². The van der Waals surface area contributed by atoms with E-state index in [4.69, 9.17) is 4.74 Å². The Morgan fingerprint density at radius 2 is 2.08 bits per heavy atom. The molecule has 0 unspecified atom stereocenters. The second-order valence-corrected chi connectivity index (χ2v) is 7.39. The van der Waals surface area contributed by atoms with E-state index in [1.54, 1.807) is 15.9 Å². The maximum atomic E-state index is 10.4. The summed E-state index contributed by atoms with van der Waals surface area (Å²) in [6.45, 7) is -0.371. The van der Waals surface area contributed by atoms with Crippen molar-refractivity contribution in [2.24, 2.45) is 0 Å². The lowest BCUT2D eigenvalue weighted by Gasteiger charge is -2.18. The quantitative estimate of drug-likeness (QED) is 0.620. The van der Waals surface area contributed by atoms with Crippen molar-refractivity contribution in [3.8, 4) is 10.4 Å². The first-order valence-electron chi connectivity index (χ1n) is 8.22. The van der Waals surface area contributed by atoms with E-state index in [1.807, 2.05) is 42.7 Å². The van der Waals surface area contributed by atoms with Gasteiger partial charge in [-0.05, 0) is 11.4 Å². The van der Waals surface area contributed by atoms with Crippen LogP contribution in [-0.2, 0) is 4.74 Å². The van der Waals surface area contributed by atoms with Gasteiger partial charge in [-0.1, -0.05) is 6.07 Å². The van der Waals surface area contributed by atoms with Crippen LogP contribution < -0.4 is 4.90 Å². The number of thiophene rings is 1. The molecule has 3 N–H and O–H groups in total. The number of aliphatic hydroxyl groups is 3. The minimum absolute atomic E-state index is 0.371. The number of hydrogen-bond donors (Lipinski definition) is 3. The second kappa shape index (κ2) is 6.60. The Hall–Kier alpha value is -2.04. The van der Waals surface area contributed by atoms with Crippen molar-refractivity contribution in [3.63, 3.8) is 0 Å². The fourth-order valence-electron chi connectivity index (χ4n) is 3.33. The summed E-state index contributed by atoms with van der Waals surface area (Å²) in [6, 6.07) is 3.97. The molecule has 0 radical (unpaired) electrons. The number of fused-ring (bicyclic) bond motifs is 1. The SMILES string of the molecule is CN(C)c1ncnc2c1c(-c1cccs1)cn2[C@@H]1O[C@H](CO)[C@@H](O)[C@H]1O. The van der Waals surface area contributed by atoms with Crippen LogP contribution in [0.25, 0.3) is 21.5 Å². The normalized spacial score (nSPS) is 25.9. The van der Waals surface area contributed by atoms with Gasteiger partial charge in [0.1, 0.15) is 36.1 Å². The molecular weight excluding hydrogens is 356 g/mol. The number of aliphatic hydroxyl groups excluding tert-OH is 3. The Labute approximate surface area is 153 Å². The molecule has 0 amide bonds. The van der Waals surface area contributed by atoms with E-state index in [2.05, 4.69) is 9.97 Å². The van der Waals surface area contributed by atoms with E-state index >= 15 is 0 Å². The molecule has 1 fully saturated rings. The highest BCUT2D eigenvalue weighted by Crippen LogP contribution is 2.40. The van der Waals surface area contributed by atoms with Crippen molar-refractivity contribution in [1.29, 1.82) is 0 Å². The first kappa shape index (κ1) is 17.4. The highest BCUT2D eigenvalue weighted by Gasteiger charge is 2.44. The fraction of sp³-hybridized carbons (Fsp3) is 0.412. The summed E-state index contributed by atoms with van der Waals surface area (Å²) in [5, 5.41) is 32.7. The maximum Gasteiger partial charge on any atom is 0.164 e. The van der Waals surface area contributed by atoms with Crippen molar-refractivity contribution in [3.05, 3.63) is 30.0 Å². The highest BCUT2D eigenvalue weighted by molar-refractivity contribution is 7.13. The molecule has 0 saturated carbocycles. The molecule has 1 saturated heterocycles. The summed E-state index contributed by atoms with van der Waals surface area (Å²) in [4.78, 5) is 11.7. The summed E-state index contributed by atoms with van der Waals surface area (Å²) in [7, 11) is 3.81. The van der Waals surface area contributed by atoms with Crippen LogP contribution >= 0.6 is 11.3 Å². The zero-order chi connectivity index (χ0) is 18.4. The fourth-order valence-corrected chi connectivity index (χ4v) is 4.07. The molecule has 0 aromatic carbocycles. The maximum absolute atomic E-state index is 10.4. The third kappa shape index (κ3) is 2.60. The standard InChI is InChI=1S/C17H20N4O4S/c1-20(2)15-12-9(11-4-3-5-26-11)6-21(16(12)19-8-18-15)17-14(24)13(23)10(7-22)25-17/h3-6,8,10,13-14,17,22-24H,7H2,1-2H3/t10-,13-,14-,17-/m1/s1. The van der Waals surface area contributed by atoms with Gasteiger partial charge < -0.3 is 29.5 Å². The first-order chi connectivity index (χ1) is 12.5. The molecule has 26 heavy (non-hydrogen) atoms. The minimum atomic E-state index is -1.17.